The number of ether oxygens (including phenoxy) is 2. The molecule has 0 N–H and O–H groups in total. The van der Waals surface area contributed by atoms with Crippen molar-refractivity contribution >= 4 is 69.8 Å². The standard InChI is InChI=1S/C25H16Cl3NO5S/c1-33-20-7-2-4-15(22(20)34-24(31)14-8-10-16(26)11-9-14)12-21-23(30)29(25(32)35-21)13-17-18(27)5-3-6-19(17)28/h2-12H,13H2,1H3/b21-12-. The Morgan fingerprint density at radius 2 is 1.63 bits per heavy atom. The number of carbonyl (C=O) groups is 3. The van der Waals surface area contributed by atoms with E-state index in [-0.39, 0.29) is 28.5 Å². The van der Waals surface area contributed by atoms with Crippen LogP contribution in [0.1, 0.15) is 21.5 Å². The largest absolute Gasteiger partial charge is 0.493 e. The van der Waals surface area contributed by atoms with Crippen molar-refractivity contribution in [3.63, 3.8) is 0 Å². The SMILES string of the molecule is COc1cccc(/C=C2\SC(=O)N(Cc3c(Cl)cccc3Cl)C2=O)c1OC(=O)c1ccc(Cl)cc1. The summed E-state index contributed by atoms with van der Waals surface area (Å²) in [6, 6.07) is 16.1. The minimum Gasteiger partial charge on any atom is -0.493 e. The number of para-hydroxylation sites is 1. The number of carbonyl (C=O) groups excluding carboxylic acids is 3. The number of esters is 1. The van der Waals surface area contributed by atoms with Crippen molar-refractivity contribution in [3.05, 3.63) is 97.3 Å². The van der Waals surface area contributed by atoms with Crippen LogP contribution in [-0.2, 0) is 11.3 Å². The van der Waals surface area contributed by atoms with Gasteiger partial charge in [0.2, 0.25) is 0 Å². The molecule has 6 nitrogen and oxygen atoms in total. The van der Waals surface area contributed by atoms with Crippen molar-refractivity contribution in [2.75, 3.05) is 7.11 Å². The van der Waals surface area contributed by atoms with Crippen molar-refractivity contribution in [3.8, 4) is 11.5 Å². The summed E-state index contributed by atoms with van der Waals surface area (Å²) in [7, 11) is 1.43. The summed E-state index contributed by atoms with van der Waals surface area (Å²) in [5.74, 6) is -0.768. The summed E-state index contributed by atoms with van der Waals surface area (Å²) < 4.78 is 11.0. The quantitative estimate of drug-likeness (QED) is 0.186. The van der Waals surface area contributed by atoms with Gasteiger partial charge in [0.05, 0.1) is 24.1 Å². The third-order valence-electron chi connectivity index (χ3n) is 5.04. The van der Waals surface area contributed by atoms with E-state index < -0.39 is 17.1 Å². The first-order chi connectivity index (χ1) is 16.8. The van der Waals surface area contributed by atoms with Crippen LogP contribution in [0.15, 0.2) is 65.6 Å². The number of hydrogen-bond donors (Lipinski definition) is 0. The second-order valence-electron chi connectivity index (χ2n) is 7.24. The number of nitrogens with zero attached hydrogens (tertiary/aromatic N) is 1. The van der Waals surface area contributed by atoms with Gasteiger partial charge in [-0.15, -0.1) is 0 Å². The highest BCUT2D eigenvalue weighted by atomic mass is 35.5. The van der Waals surface area contributed by atoms with Gasteiger partial charge < -0.3 is 9.47 Å². The molecule has 0 aliphatic carbocycles. The minimum atomic E-state index is -0.637. The molecule has 2 amide bonds. The lowest BCUT2D eigenvalue weighted by Gasteiger charge is -2.15. The van der Waals surface area contributed by atoms with E-state index in [9.17, 15) is 14.4 Å². The van der Waals surface area contributed by atoms with Crippen molar-refractivity contribution in [1.29, 1.82) is 0 Å². The fraction of sp³-hybridized carbons (Fsp3) is 0.0800. The van der Waals surface area contributed by atoms with Crippen LogP contribution < -0.4 is 9.47 Å². The average molecular weight is 549 g/mol. The Balaban J connectivity index is 1.64. The number of imide groups is 1. The second kappa shape index (κ2) is 10.7. The van der Waals surface area contributed by atoms with Gasteiger partial charge in [0.25, 0.3) is 11.1 Å². The summed E-state index contributed by atoms with van der Waals surface area (Å²) in [5, 5.41) is 0.711. The van der Waals surface area contributed by atoms with Gasteiger partial charge in [-0.05, 0) is 60.3 Å². The molecule has 3 aromatic carbocycles. The number of halogens is 3. The predicted molar refractivity (Wildman–Crippen MR) is 137 cm³/mol. The highest BCUT2D eigenvalue weighted by molar-refractivity contribution is 8.18. The van der Waals surface area contributed by atoms with Crippen LogP contribution >= 0.6 is 46.6 Å². The molecule has 0 spiro atoms. The molecular formula is C25H16Cl3NO5S. The Kier molecular flexibility index (Phi) is 7.72. The Morgan fingerprint density at radius 3 is 2.29 bits per heavy atom. The van der Waals surface area contributed by atoms with Crippen molar-refractivity contribution in [2.45, 2.75) is 6.54 Å². The molecule has 3 aromatic rings. The number of methoxy groups -OCH3 is 1. The van der Waals surface area contributed by atoms with E-state index in [1.165, 1.54) is 25.3 Å². The third-order valence-corrected chi connectivity index (χ3v) is 6.91. The number of rotatable bonds is 6. The maximum Gasteiger partial charge on any atom is 0.343 e. The minimum absolute atomic E-state index is 0.0724. The molecule has 178 valence electrons. The van der Waals surface area contributed by atoms with Gasteiger partial charge in [-0.2, -0.15) is 0 Å². The molecule has 0 saturated carbocycles. The summed E-state index contributed by atoms with van der Waals surface area (Å²) >= 11 is 19.1. The lowest BCUT2D eigenvalue weighted by atomic mass is 10.1. The van der Waals surface area contributed by atoms with Crippen LogP contribution in [0.25, 0.3) is 6.08 Å². The average Bonchev–Trinajstić information content (AvgIpc) is 3.10. The lowest BCUT2D eigenvalue weighted by molar-refractivity contribution is -0.123. The van der Waals surface area contributed by atoms with Crippen LogP contribution in [0, 0.1) is 0 Å². The molecule has 0 atom stereocenters. The van der Waals surface area contributed by atoms with Crippen molar-refractivity contribution < 1.29 is 23.9 Å². The van der Waals surface area contributed by atoms with E-state index in [1.807, 2.05) is 0 Å². The number of amides is 2. The summed E-state index contributed by atoms with van der Waals surface area (Å²) in [6.45, 7) is -0.0724. The normalized spacial score (nSPS) is 14.5. The monoisotopic (exact) mass is 547 g/mol. The van der Waals surface area contributed by atoms with Crippen LogP contribution in [-0.4, -0.2) is 29.1 Å². The van der Waals surface area contributed by atoms with Gasteiger partial charge in [-0.3, -0.25) is 14.5 Å². The van der Waals surface area contributed by atoms with Gasteiger partial charge >= 0.3 is 5.97 Å². The fourth-order valence-corrected chi connectivity index (χ4v) is 4.75. The van der Waals surface area contributed by atoms with Gasteiger partial charge in [0.15, 0.2) is 11.5 Å². The Hall–Kier alpha value is -2.97. The summed E-state index contributed by atoms with van der Waals surface area (Å²) in [5.41, 5.74) is 1.13. The second-order valence-corrected chi connectivity index (χ2v) is 9.49. The first kappa shape index (κ1) is 25.1. The lowest BCUT2D eigenvalue weighted by Crippen LogP contribution is -2.27. The van der Waals surface area contributed by atoms with Gasteiger partial charge in [0.1, 0.15) is 0 Å². The first-order valence-electron chi connectivity index (χ1n) is 10.1. The molecule has 35 heavy (non-hydrogen) atoms. The zero-order valence-corrected chi connectivity index (χ0v) is 21.2. The molecule has 4 rings (SSSR count). The van der Waals surface area contributed by atoms with Crippen LogP contribution in [0.3, 0.4) is 0 Å². The van der Waals surface area contributed by atoms with E-state index in [0.29, 0.717) is 26.2 Å². The highest BCUT2D eigenvalue weighted by Crippen LogP contribution is 2.39. The molecular weight excluding hydrogens is 533 g/mol. The van der Waals surface area contributed by atoms with Crippen molar-refractivity contribution in [2.24, 2.45) is 0 Å². The van der Waals surface area contributed by atoms with Crippen LogP contribution in [0.2, 0.25) is 15.1 Å². The first-order valence-corrected chi connectivity index (χ1v) is 12.1. The molecule has 1 aliphatic heterocycles. The smallest absolute Gasteiger partial charge is 0.343 e. The number of benzene rings is 3. The molecule has 1 saturated heterocycles. The Morgan fingerprint density at radius 1 is 0.971 bits per heavy atom. The van der Waals surface area contributed by atoms with Gasteiger partial charge in [-0.1, -0.05) is 53.0 Å². The van der Waals surface area contributed by atoms with E-state index in [0.717, 1.165) is 16.7 Å². The molecule has 0 unspecified atom stereocenters. The molecule has 1 aliphatic rings. The maximum atomic E-state index is 13.1. The predicted octanol–water partition coefficient (Wildman–Crippen LogP) is 7.11. The molecule has 0 bridgehead atoms. The molecule has 1 heterocycles. The summed E-state index contributed by atoms with van der Waals surface area (Å²) in [6.07, 6.45) is 1.48. The molecule has 1 fully saturated rings. The van der Waals surface area contributed by atoms with E-state index in [2.05, 4.69) is 0 Å². The van der Waals surface area contributed by atoms with Crippen molar-refractivity contribution in [1.82, 2.24) is 4.90 Å². The zero-order valence-electron chi connectivity index (χ0n) is 18.1. The van der Waals surface area contributed by atoms with E-state index >= 15 is 0 Å². The highest BCUT2D eigenvalue weighted by Gasteiger charge is 2.36. The Bertz CT molecular complexity index is 1340. The van der Waals surface area contributed by atoms with Crippen LogP contribution in [0.5, 0.6) is 11.5 Å². The van der Waals surface area contributed by atoms with E-state index in [1.54, 1.807) is 48.5 Å². The van der Waals surface area contributed by atoms with Crippen LogP contribution in [0.4, 0.5) is 4.79 Å². The zero-order chi connectivity index (χ0) is 25.1. The Labute approximate surface area is 220 Å². The molecule has 0 aromatic heterocycles. The van der Waals surface area contributed by atoms with E-state index in [4.69, 9.17) is 44.3 Å². The van der Waals surface area contributed by atoms with Gasteiger partial charge in [-0.25, -0.2) is 4.79 Å². The molecule has 10 heteroatoms. The third kappa shape index (κ3) is 5.49. The maximum absolute atomic E-state index is 13.1. The topological polar surface area (TPSA) is 72.9 Å². The van der Waals surface area contributed by atoms with Gasteiger partial charge in [0, 0.05) is 26.2 Å². The number of hydrogen-bond acceptors (Lipinski definition) is 6. The molecule has 0 radical (unpaired) electrons. The number of thioether (sulfide) groups is 1. The fourth-order valence-electron chi connectivity index (χ4n) is 3.27. The summed E-state index contributed by atoms with van der Waals surface area (Å²) in [4.78, 5) is 39.6.